The van der Waals surface area contributed by atoms with Crippen LogP contribution in [-0.4, -0.2) is 80.3 Å². The molecule has 0 aliphatic heterocycles. The van der Waals surface area contributed by atoms with E-state index in [0.717, 1.165) is 10.4 Å². The Balaban J connectivity index is 1.49. The van der Waals surface area contributed by atoms with Crippen LogP contribution in [0.15, 0.2) is 84.9 Å². The molecule has 3 aromatic carbocycles. The lowest BCUT2D eigenvalue weighted by Crippen LogP contribution is -2.68. The van der Waals surface area contributed by atoms with Crippen LogP contribution in [0.3, 0.4) is 0 Å². The van der Waals surface area contributed by atoms with Gasteiger partial charge in [-0.1, -0.05) is 81.4 Å². The first-order chi connectivity index (χ1) is 25.0. The maximum atomic E-state index is 13.5. The molecule has 0 fully saturated rings. The lowest BCUT2D eigenvalue weighted by molar-refractivity contribution is -0.146. The second kappa shape index (κ2) is 17.3. The van der Waals surface area contributed by atoms with E-state index >= 15 is 0 Å². The third-order valence-corrected chi connectivity index (χ3v) is 14.3. The number of carbonyl (C=O) groups is 4. The van der Waals surface area contributed by atoms with Crippen molar-refractivity contribution in [2.24, 2.45) is 0 Å². The predicted molar refractivity (Wildman–Crippen MR) is 208 cm³/mol. The molecule has 0 aliphatic rings. The van der Waals surface area contributed by atoms with Gasteiger partial charge in [-0.2, -0.15) is 0 Å². The molecule has 3 amide bonds. The molecule has 4 N–H and O–H groups in total. The number of aromatic nitrogens is 1. The average Bonchev–Trinajstić information content (AvgIpc) is 3.51. The fraction of sp³-hybridized carbons (Fsp3) is 0.359. The second-order valence-electron chi connectivity index (χ2n) is 14.4. The number of aliphatic hydroxyl groups excluding tert-OH is 1. The average molecular weight is 761 g/mol. The first kappa shape index (κ1) is 40.9. The Bertz CT molecular complexity index is 1830. The minimum Gasteiger partial charge on any atom is -0.467 e. The summed E-state index contributed by atoms with van der Waals surface area (Å²) in [6.07, 6.45) is -0.582. The highest BCUT2D eigenvalue weighted by Gasteiger charge is 2.50. The molecule has 0 bridgehead atoms. The number of esters is 1. The summed E-state index contributed by atoms with van der Waals surface area (Å²) >= 11 is 1.27. The summed E-state index contributed by atoms with van der Waals surface area (Å²) in [5, 5.41) is 20.2. The number of anilines is 1. The number of nitrogens with zero attached hydrogens (tertiary/aromatic N) is 1. The topological polar surface area (TPSA) is 165 Å². The first-order valence-electron chi connectivity index (χ1n) is 17.1. The molecule has 1 heterocycles. The number of hydrogen-bond acceptors (Lipinski definition) is 10. The van der Waals surface area contributed by atoms with Crippen LogP contribution in [0.2, 0.25) is 5.04 Å². The Morgan fingerprint density at radius 3 is 1.89 bits per heavy atom. The number of thiazole rings is 1. The molecule has 14 heteroatoms. The monoisotopic (exact) mass is 760 g/mol. The van der Waals surface area contributed by atoms with E-state index in [2.05, 4.69) is 41.7 Å². The van der Waals surface area contributed by atoms with Gasteiger partial charge in [-0.25, -0.2) is 14.6 Å². The number of rotatable bonds is 13. The summed E-state index contributed by atoms with van der Waals surface area (Å²) in [6, 6.07) is 23.9. The highest BCUT2D eigenvalue weighted by Crippen LogP contribution is 2.37. The summed E-state index contributed by atoms with van der Waals surface area (Å²) in [5.74, 6) is -2.23. The second-order valence-corrected chi connectivity index (χ2v) is 19.9. The molecular weight excluding hydrogens is 713 g/mol. The minimum atomic E-state index is -3.09. The van der Waals surface area contributed by atoms with E-state index in [4.69, 9.17) is 13.9 Å². The van der Waals surface area contributed by atoms with E-state index in [9.17, 15) is 24.3 Å². The van der Waals surface area contributed by atoms with Gasteiger partial charge in [0, 0.05) is 16.1 Å². The summed E-state index contributed by atoms with van der Waals surface area (Å²) in [6.45, 7) is 12.3. The van der Waals surface area contributed by atoms with Crippen LogP contribution >= 0.6 is 11.3 Å². The van der Waals surface area contributed by atoms with E-state index < -0.39 is 61.5 Å². The predicted octanol–water partition coefficient (Wildman–Crippen LogP) is 4.79. The molecule has 0 spiro atoms. The molecule has 12 nitrogen and oxygen atoms in total. The molecular formula is C39H48N4O8SSi. The smallest absolute Gasteiger partial charge is 0.412 e. The Morgan fingerprint density at radius 2 is 1.40 bits per heavy atom. The molecule has 53 heavy (non-hydrogen) atoms. The Labute approximate surface area is 315 Å². The molecule has 4 aromatic rings. The van der Waals surface area contributed by atoms with Crippen molar-refractivity contribution in [2.75, 3.05) is 25.6 Å². The number of aryl methyl sites for hydroxylation is 1. The lowest BCUT2D eigenvalue weighted by Gasteiger charge is -2.43. The summed E-state index contributed by atoms with van der Waals surface area (Å²) in [5.41, 5.74) is 0.656. The van der Waals surface area contributed by atoms with Crippen molar-refractivity contribution in [3.8, 4) is 10.6 Å². The number of benzene rings is 3. The van der Waals surface area contributed by atoms with Crippen LogP contribution in [0.25, 0.3) is 10.6 Å². The van der Waals surface area contributed by atoms with Crippen LogP contribution in [0, 0.1) is 6.92 Å². The van der Waals surface area contributed by atoms with Gasteiger partial charge in [0.2, 0.25) is 5.91 Å². The molecule has 4 rings (SSSR count). The maximum Gasteiger partial charge on any atom is 0.412 e. The summed E-state index contributed by atoms with van der Waals surface area (Å²) in [4.78, 5) is 57.2. The van der Waals surface area contributed by atoms with Crippen LogP contribution in [0.4, 0.5) is 10.5 Å². The molecule has 2 atom stereocenters. The third-order valence-electron chi connectivity index (χ3n) is 8.28. The van der Waals surface area contributed by atoms with Gasteiger partial charge in [-0.3, -0.25) is 14.9 Å². The standard InChI is InChI=1S/C39H48N4O8SSi/c1-25-32(43-35(52-25)26-19-21-27(22-20-26)40-37(48)51-38(2,3)4)34(46)41-30(23-44)33(45)42-31(36(47)49-8)24-50-53(39(5,6)7,28-15-11-9-12-16-28)29-17-13-10-14-18-29/h9-22,30-31,44H,23-24H2,1-8H3,(H,40,48)(H,41,46)(H,42,45). The number of ether oxygens (including phenoxy) is 2. The highest BCUT2D eigenvalue weighted by atomic mass is 32.1. The largest absolute Gasteiger partial charge is 0.467 e. The van der Waals surface area contributed by atoms with E-state index in [1.165, 1.54) is 18.4 Å². The van der Waals surface area contributed by atoms with Crippen molar-refractivity contribution in [1.82, 2.24) is 15.6 Å². The first-order valence-corrected chi connectivity index (χ1v) is 19.8. The zero-order chi connectivity index (χ0) is 39.0. The normalized spacial score (nSPS) is 13.0. The fourth-order valence-electron chi connectivity index (χ4n) is 5.82. The number of amides is 3. The van der Waals surface area contributed by atoms with Crippen molar-refractivity contribution < 1.29 is 38.2 Å². The van der Waals surface area contributed by atoms with Crippen molar-refractivity contribution in [1.29, 1.82) is 0 Å². The van der Waals surface area contributed by atoms with E-state index in [0.29, 0.717) is 21.1 Å². The van der Waals surface area contributed by atoms with Gasteiger partial charge in [0.25, 0.3) is 14.2 Å². The highest BCUT2D eigenvalue weighted by molar-refractivity contribution is 7.15. The van der Waals surface area contributed by atoms with Crippen LogP contribution in [0.1, 0.15) is 56.9 Å². The zero-order valence-electron chi connectivity index (χ0n) is 31.3. The maximum absolute atomic E-state index is 13.5. The molecule has 0 saturated carbocycles. The van der Waals surface area contributed by atoms with E-state index in [1.54, 1.807) is 52.0 Å². The van der Waals surface area contributed by atoms with E-state index in [1.807, 2.05) is 60.7 Å². The zero-order valence-corrected chi connectivity index (χ0v) is 33.1. The van der Waals surface area contributed by atoms with Crippen molar-refractivity contribution in [3.05, 3.63) is 95.5 Å². The van der Waals surface area contributed by atoms with E-state index in [-0.39, 0.29) is 12.3 Å². The number of nitrogens with one attached hydrogen (secondary N) is 3. The SMILES string of the molecule is COC(=O)C(CO[Si](c1ccccc1)(c1ccccc1)C(C)(C)C)NC(=O)C(CO)NC(=O)c1nc(-c2ccc(NC(=O)OC(C)(C)C)cc2)sc1C. The van der Waals surface area contributed by atoms with Gasteiger partial charge >= 0.3 is 12.1 Å². The van der Waals surface area contributed by atoms with Crippen LogP contribution in [0.5, 0.6) is 0 Å². The summed E-state index contributed by atoms with van der Waals surface area (Å²) < 4.78 is 17.2. The summed E-state index contributed by atoms with van der Waals surface area (Å²) in [7, 11) is -1.88. The third kappa shape index (κ3) is 10.2. The Kier molecular flexibility index (Phi) is 13.3. The molecule has 282 valence electrons. The Hall–Kier alpha value is -4.89. The van der Waals surface area contributed by atoms with Crippen molar-refractivity contribution in [3.63, 3.8) is 0 Å². The van der Waals surface area contributed by atoms with Gasteiger partial charge in [0.15, 0.2) is 0 Å². The minimum absolute atomic E-state index is 0.0757. The lowest BCUT2D eigenvalue weighted by atomic mass is 10.2. The van der Waals surface area contributed by atoms with Gasteiger partial charge in [-0.05, 0) is 67.4 Å². The van der Waals surface area contributed by atoms with Gasteiger partial charge in [-0.15, -0.1) is 11.3 Å². The van der Waals surface area contributed by atoms with Crippen molar-refractivity contribution >= 4 is 59.6 Å². The molecule has 2 unspecified atom stereocenters. The van der Waals surface area contributed by atoms with Gasteiger partial charge in [0.05, 0.1) is 20.3 Å². The molecule has 1 aromatic heterocycles. The van der Waals surface area contributed by atoms with Gasteiger partial charge in [0.1, 0.15) is 28.4 Å². The number of aliphatic hydroxyl groups is 1. The van der Waals surface area contributed by atoms with Crippen molar-refractivity contribution in [2.45, 2.75) is 71.2 Å². The number of carbonyl (C=O) groups excluding carboxylic acids is 4. The fourth-order valence-corrected chi connectivity index (χ4v) is 11.3. The Morgan fingerprint density at radius 1 is 0.830 bits per heavy atom. The number of methoxy groups -OCH3 is 1. The molecule has 0 aliphatic carbocycles. The van der Waals surface area contributed by atoms with Gasteiger partial charge < -0.3 is 29.6 Å². The molecule has 0 radical (unpaired) electrons. The van der Waals surface area contributed by atoms with Crippen LogP contribution in [-0.2, 0) is 23.5 Å². The van der Waals surface area contributed by atoms with Crippen LogP contribution < -0.4 is 26.3 Å². The number of hydrogen-bond donors (Lipinski definition) is 4. The molecule has 0 saturated heterocycles. The quantitative estimate of drug-likeness (QED) is 0.111.